The van der Waals surface area contributed by atoms with Crippen LogP contribution >= 0.6 is 34.8 Å². The molecule has 1 aromatic heterocycles. The maximum Gasteiger partial charge on any atom is 0.335 e. The molecule has 0 spiro atoms. The lowest BCUT2D eigenvalue weighted by Crippen LogP contribution is -2.08. The molecule has 14 heavy (non-hydrogen) atoms. The molecule has 0 aliphatic carbocycles. The van der Waals surface area contributed by atoms with E-state index in [2.05, 4.69) is 14.2 Å². The zero-order valence-electron chi connectivity index (χ0n) is 6.66. The van der Waals surface area contributed by atoms with Crippen LogP contribution < -0.4 is 4.18 Å². The predicted octanol–water partition coefficient (Wildman–Crippen LogP) is 1.78. The van der Waals surface area contributed by atoms with Crippen LogP contribution in [-0.2, 0) is 10.1 Å². The SMILES string of the molecule is CS(=O)(=O)Oc1nc(Cl)c(Cl)c(Cl)n1. The summed E-state index contributed by atoms with van der Waals surface area (Å²) in [5.41, 5.74) is 0. The van der Waals surface area contributed by atoms with Crippen LogP contribution in [0.25, 0.3) is 0 Å². The van der Waals surface area contributed by atoms with Gasteiger partial charge in [-0.25, -0.2) is 0 Å². The molecule has 0 aliphatic heterocycles. The fraction of sp³-hybridized carbons (Fsp3) is 0.200. The van der Waals surface area contributed by atoms with Crippen molar-refractivity contribution in [3.8, 4) is 6.01 Å². The van der Waals surface area contributed by atoms with Gasteiger partial charge in [-0.15, -0.1) is 0 Å². The van der Waals surface area contributed by atoms with E-state index < -0.39 is 16.1 Å². The maximum atomic E-state index is 10.7. The van der Waals surface area contributed by atoms with Crippen molar-refractivity contribution in [1.29, 1.82) is 0 Å². The summed E-state index contributed by atoms with van der Waals surface area (Å²) in [6.07, 6.45) is 0.840. The monoisotopic (exact) mass is 276 g/mol. The minimum Gasteiger partial charge on any atom is -0.343 e. The Morgan fingerprint density at radius 3 is 1.93 bits per heavy atom. The minimum atomic E-state index is -3.71. The third-order valence-corrected chi connectivity index (χ3v) is 2.53. The quantitative estimate of drug-likeness (QED) is 0.609. The molecule has 9 heteroatoms. The minimum absolute atomic E-state index is 0.0609. The van der Waals surface area contributed by atoms with Crippen molar-refractivity contribution < 1.29 is 12.6 Å². The van der Waals surface area contributed by atoms with Crippen molar-refractivity contribution in [2.45, 2.75) is 0 Å². The Balaban J connectivity index is 3.14. The van der Waals surface area contributed by atoms with Crippen molar-refractivity contribution >= 4 is 44.9 Å². The normalized spacial score (nSPS) is 11.4. The zero-order valence-corrected chi connectivity index (χ0v) is 9.75. The number of aromatic nitrogens is 2. The van der Waals surface area contributed by atoms with Crippen molar-refractivity contribution in [2.24, 2.45) is 0 Å². The Hall–Kier alpha value is -0.300. The van der Waals surface area contributed by atoms with Gasteiger partial charge in [-0.1, -0.05) is 34.8 Å². The highest BCUT2D eigenvalue weighted by Crippen LogP contribution is 2.28. The first-order chi connectivity index (χ1) is 6.29. The summed E-state index contributed by atoms with van der Waals surface area (Å²) in [5.74, 6) is 0. The molecule has 0 unspecified atom stereocenters. The smallest absolute Gasteiger partial charge is 0.335 e. The third-order valence-electron chi connectivity index (χ3n) is 0.976. The summed E-state index contributed by atoms with van der Waals surface area (Å²) in [5, 5.41) is -0.412. The topological polar surface area (TPSA) is 69.2 Å². The van der Waals surface area contributed by atoms with Crippen LogP contribution in [0.1, 0.15) is 0 Å². The second kappa shape index (κ2) is 4.06. The summed E-state index contributed by atoms with van der Waals surface area (Å²) >= 11 is 16.5. The lowest BCUT2D eigenvalue weighted by molar-refractivity contribution is 0.470. The van der Waals surface area contributed by atoms with Gasteiger partial charge in [0.15, 0.2) is 10.3 Å². The Bertz CT molecular complexity index is 438. The molecule has 0 saturated carbocycles. The van der Waals surface area contributed by atoms with E-state index >= 15 is 0 Å². The van der Waals surface area contributed by atoms with Gasteiger partial charge in [0.1, 0.15) is 5.02 Å². The maximum absolute atomic E-state index is 10.7. The van der Waals surface area contributed by atoms with Crippen LogP contribution in [0.2, 0.25) is 15.3 Å². The van der Waals surface area contributed by atoms with Gasteiger partial charge in [-0.3, -0.25) is 0 Å². The number of hydrogen-bond acceptors (Lipinski definition) is 5. The summed E-state index contributed by atoms with van der Waals surface area (Å²) in [6.45, 7) is 0. The van der Waals surface area contributed by atoms with Crippen LogP contribution in [0.4, 0.5) is 0 Å². The largest absolute Gasteiger partial charge is 0.343 e. The molecule has 1 aromatic rings. The van der Waals surface area contributed by atoms with E-state index in [1.165, 1.54) is 0 Å². The average Bonchev–Trinajstić information content (AvgIpc) is 1.96. The van der Waals surface area contributed by atoms with Crippen molar-refractivity contribution in [3.05, 3.63) is 15.3 Å². The van der Waals surface area contributed by atoms with Gasteiger partial charge in [0.25, 0.3) is 0 Å². The van der Waals surface area contributed by atoms with Gasteiger partial charge in [0.05, 0.1) is 6.26 Å². The molecule has 0 aromatic carbocycles. The Morgan fingerprint density at radius 1 is 1.14 bits per heavy atom. The van der Waals surface area contributed by atoms with Gasteiger partial charge in [-0.05, 0) is 0 Å². The predicted molar refractivity (Wildman–Crippen MR) is 52.5 cm³/mol. The second-order valence-corrected chi connectivity index (χ2v) is 4.86. The number of hydrogen-bond donors (Lipinski definition) is 0. The fourth-order valence-corrected chi connectivity index (χ4v) is 1.35. The first-order valence-electron chi connectivity index (χ1n) is 3.07. The van der Waals surface area contributed by atoms with E-state index in [1.54, 1.807) is 0 Å². The van der Waals surface area contributed by atoms with E-state index in [4.69, 9.17) is 34.8 Å². The molecular weight excluding hydrogens is 274 g/mol. The number of nitrogens with zero attached hydrogens (tertiary/aromatic N) is 2. The van der Waals surface area contributed by atoms with Crippen molar-refractivity contribution in [1.82, 2.24) is 9.97 Å². The van der Waals surface area contributed by atoms with Gasteiger partial charge < -0.3 is 4.18 Å². The van der Waals surface area contributed by atoms with Crippen LogP contribution in [0.3, 0.4) is 0 Å². The molecule has 0 atom stereocenters. The molecule has 1 rings (SSSR count). The fourth-order valence-electron chi connectivity index (χ4n) is 0.549. The first-order valence-corrected chi connectivity index (χ1v) is 6.02. The van der Waals surface area contributed by atoms with Gasteiger partial charge in [-0.2, -0.15) is 18.4 Å². The lowest BCUT2D eigenvalue weighted by atomic mass is 10.7. The van der Waals surface area contributed by atoms with Gasteiger partial charge in [0.2, 0.25) is 0 Å². The number of halogens is 3. The van der Waals surface area contributed by atoms with E-state index in [9.17, 15) is 8.42 Å². The first kappa shape index (κ1) is 11.8. The zero-order chi connectivity index (χ0) is 10.9. The lowest BCUT2D eigenvalue weighted by Gasteiger charge is -2.02. The van der Waals surface area contributed by atoms with Crippen molar-refractivity contribution in [3.63, 3.8) is 0 Å². The molecule has 0 saturated heterocycles. The van der Waals surface area contributed by atoms with Gasteiger partial charge >= 0.3 is 16.1 Å². The molecule has 0 N–H and O–H groups in total. The molecule has 0 bridgehead atoms. The van der Waals surface area contributed by atoms with Crippen LogP contribution in [0, 0.1) is 0 Å². The van der Waals surface area contributed by atoms with E-state index in [-0.39, 0.29) is 15.3 Å². The molecular formula is C5H3Cl3N2O3S. The third kappa shape index (κ3) is 3.13. The molecule has 0 aliphatic rings. The van der Waals surface area contributed by atoms with Crippen molar-refractivity contribution in [2.75, 3.05) is 6.26 Å². The molecule has 5 nitrogen and oxygen atoms in total. The average molecular weight is 278 g/mol. The summed E-state index contributed by atoms with van der Waals surface area (Å²) in [6, 6.07) is -0.466. The molecule has 78 valence electrons. The molecule has 0 fully saturated rings. The Morgan fingerprint density at radius 2 is 1.57 bits per heavy atom. The van der Waals surface area contributed by atoms with Crippen LogP contribution in [-0.4, -0.2) is 24.6 Å². The van der Waals surface area contributed by atoms with Gasteiger partial charge in [0, 0.05) is 0 Å². The summed E-state index contributed by atoms with van der Waals surface area (Å²) in [7, 11) is -3.71. The molecule has 0 amide bonds. The second-order valence-electron chi connectivity index (χ2n) is 2.19. The van der Waals surface area contributed by atoms with E-state index in [0.717, 1.165) is 6.26 Å². The van der Waals surface area contributed by atoms with E-state index in [0.29, 0.717) is 0 Å². The highest BCUT2D eigenvalue weighted by molar-refractivity contribution is 7.86. The van der Waals surface area contributed by atoms with Crippen LogP contribution in [0.5, 0.6) is 6.01 Å². The molecule has 0 radical (unpaired) electrons. The highest BCUT2D eigenvalue weighted by Gasteiger charge is 2.13. The molecule has 1 heterocycles. The summed E-state index contributed by atoms with van der Waals surface area (Å²) in [4.78, 5) is 6.91. The highest BCUT2D eigenvalue weighted by atomic mass is 35.5. The Labute approximate surface area is 95.1 Å². The van der Waals surface area contributed by atoms with Crippen LogP contribution in [0.15, 0.2) is 0 Å². The Kier molecular flexibility index (Phi) is 3.41. The van der Waals surface area contributed by atoms with E-state index in [1.807, 2.05) is 0 Å². The number of rotatable bonds is 2. The summed E-state index contributed by atoms with van der Waals surface area (Å²) < 4.78 is 25.7. The standard InChI is InChI=1S/C5H3Cl3N2O3S/c1-14(11,12)13-5-9-3(7)2(6)4(8)10-5/h1H3.